The van der Waals surface area contributed by atoms with Crippen LogP contribution in [0.4, 0.5) is 5.69 Å². The standard InChI is InChI=1S/C17H17NO3/c1-11-2-3-12(10-19)8-15(11)18-17(20)14-4-5-16-13(9-14)6-7-21-16/h2-5,8-9,19H,6-7,10H2,1H3,(H,18,20). The van der Waals surface area contributed by atoms with E-state index in [2.05, 4.69) is 5.32 Å². The number of amides is 1. The molecule has 3 rings (SSSR count). The maximum atomic E-state index is 12.4. The van der Waals surface area contributed by atoms with Crippen molar-refractivity contribution in [2.24, 2.45) is 0 Å². The number of benzene rings is 2. The van der Waals surface area contributed by atoms with Gasteiger partial charge in [0.15, 0.2) is 0 Å². The highest BCUT2D eigenvalue weighted by atomic mass is 16.5. The van der Waals surface area contributed by atoms with Gasteiger partial charge in [-0.1, -0.05) is 12.1 Å². The molecule has 0 spiro atoms. The molecule has 4 nitrogen and oxygen atoms in total. The number of aliphatic hydroxyl groups excluding tert-OH is 1. The number of hydrogen-bond acceptors (Lipinski definition) is 3. The summed E-state index contributed by atoms with van der Waals surface area (Å²) in [7, 11) is 0. The molecule has 0 aromatic heterocycles. The molecule has 0 aliphatic carbocycles. The predicted octanol–water partition coefficient (Wildman–Crippen LogP) is 2.67. The van der Waals surface area contributed by atoms with Crippen LogP contribution in [0.3, 0.4) is 0 Å². The van der Waals surface area contributed by atoms with Crippen molar-refractivity contribution in [3.8, 4) is 5.75 Å². The lowest BCUT2D eigenvalue weighted by atomic mass is 10.1. The molecular formula is C17H17NO3. The molecule has 1 amide bonds. The summed E-state index contributed by atoms with van der Waals surface area (Å²) < 4.78 is 5.44. The molecule has 0 fully saturated rings. The van der Waals surface area contributed by atoms with Crippen LogP contribution in [-0.4, -0.2) is 17.6 Å². The summed E-state index contributed by atoms with van der Waals surface area (Å²) in [6, 6.07) is 11.0. The molecule has 0 radical (unpaired) electrons. The summed E-state index contributed by atoms with van der Waals surface area (Å²) in [5, 5.41) is 12.1. The fourth-order valence-corrected chi connectivity index (χ4v) is 2.42. The molecule has 0 saturated heterocycles. The Morgan fingerprint density at radius 2 is 2.14 bits per heavy atom. The number of aryl methyl sites for hydroxylation is 1. The van der Waals surface area contributed by atoms with Gasteiger partial charge in [0.25, 0.3) is 5.91 Å². The number of carbonyl (C=O) groups is 1. The van der Waals surface area contributed by atoms with Crippen LogP contribution in [0, 0.1) is 6.92 Å². The molecule has 1 aliphatic heterocycles. The smallest absolute Gasteiger partial charge is 0.255 e. The summed E-state index contributed by atoms with van der Waals surface area (Å²) >= 11 is 0. The van der Waals surface area contributed by atoms with E-state index in [9.17, 15) is 9.90 Å². The van der Waals surface area contributed by atoms with Crippen molar-refractivity contribution >= 4 is 11.6 Å². The second kappa shape index (κ2) is 5.58. The molecule has 0 atom stereocenters. The molecule has 2 N–H and O–H groups in total. The molecule has 2 aromatic rings. The first-order chi connectivity index (χ1) is 10.2. The Balaban J connectivity index is 1.83. The average Bonchev–Trinajstić information content (AvgIpc) is 2.96. The van der Waals surface area contributed by atoms with Gasteiger partial charge in [-0.05, 0) is 47.9 Å². The van der Waals surface area contributed by atoms with Gasteiger partial charge in [0.1, 0.15) is 5.75 Å². The minimum Gasteiger partial charge on any atom is -0.493 e. The van der Waals surface area contributed by atoms with Crippen LogP contribution in [-0.2, 0) is 13.0 Å². The number of anilines is 1. The zero-order valence-corrected chi connectivity index (χ0v) is 11.8. The topological polar surface area (TPSA) is 58.6 Å². The normalized spacial score (nSPS) is 12.7. The number of aliphatic hydroxyl groups is 1. The Labute approximate surface area is 123 Å². The summed E-state index contributed by atoms with van der Waals surface area (Å²) in [5.41, 5.74) is 4.16. The zero-order chi connectivity index (χ0) is 14.8. The minimum absolute atomic E-state index is 0.0423. The summed E-state index contributed by atoms with van der Waals surface area (Å²) in [5.74, 6) is 0.716. The van der Waals surface area contributed by atoms with E-state index in [-0.39, 0.29) is 12.5 Å². The van der Waals surface area contributed by atoms with Crippen LogP contribution >= 0.6 is 0 Å². The molecule has 0 saturated carbocycles. The maximum absolute atomic E-state index is 12.4. The van der Waals surface area contributed by atoms with Gasteiger partial charge < -0.3 is 15.2 Å². The highest BCUT2D eigenvalue weighted by molar-refractivity contribution is 6.05. The molecule has 2 aromatic carbocycles. The van der Waals surface area contributed by atoms with Crippen molar-refractivity contribution in [2.75, 3.05) is 11.9 Å². The zero-order valence-electron chi connectivity index (χ0n) is 11.8. The third-order valence-electron chi connectivity index (χ3n) is 3.68. The van der Waals surface area contributed by atoms with Gasteiger partial charge in [-0.2, -0.15) is 0 Å². The third kappa shape index (κ3) is 2.76. The summed E-state index contributed by atoms with van der Waals surface area (Å²) in [6.45, 7) is 2.56. The highest BCUT2D eigenvalue weighted by Gasteiger charge is 2.15. The van der Waals surface area contributed by atoms with Gasteiger partial charge in [0.05, 0.1) is 13.2 Å². The molecular weight excluding hydrogens is 266 g/mol. The van der Waals surface area contributed by atoms with Crippen LogP contribution in [0.2, 0.25) is 0 Å². The van der Waals surface area contributed by atoms with E-state index in [4.69, 9.17) is 4.74 Å². The average molecular weight is 283 g/mol. The van der Waals surface area contributed by atoms with E-state index in [0.717, 1.165) is 34.5 Å². The summed E-state index contributed by atoms with van der Waals surface area (Å²) in [4.78, 5) is 12.4. The number of carbonyl (C=O) groups excluding carboxylic acids is 1. The van der Waals surface area contributed by atoms with E-state index in [0.29, 0.717) is 12.2 Å². The van der Waals surface area contributed by atoms with Gasteiger partial charge in [-0.3, -0.25) is 4.79 Å². The predicted molar refractivity (Wildman–Crippen MR) is 80.7 cm³/mol. The first kappa shape index (κ1) is 13.6. The Kier molecular flexibility index (Phi) is 3.62. The van der Waals surface area contributed by atoms with E-state index < -0.39 is 0 Å². The van der Waals surface area contributed by atoms with Crippen LogP contribution in [0.1, 0.15) is 27.0 Å². The van der Waals surface area contributed by atoms with Crippen molar-refractivity contribution in [3.63, 3.8) is 0 Å². The largest absolute Gasteiger partial charge is 0.493 e. The highest BCUT2D eigenvalue weighted by Crippen LogP contribution is 2.26. The Morgan fingerprint density at radius 1 is 1.29 bits per heavy atom. The van der Waals surface area contributed by atoms with Gasteiger partial charge in [-0.15, -0.1) is 0 Å². The molecule has 0 unspecified atom stereocenters. The second-order valence-electron chi connectivity index (χ2n) is 5.18. The molecule has 21 heavy (non-hydrogen) atoms. The monoisotopic (exact) mass is 283 g/mol. The molecule has 108 valence electrons. The number of hydrogen-bond donors (Lipinski definition) is 2. The minimum atomic E-state index is -0.150. The van der Waals surface area contributed by atoms with Gasteiger partial charge in [-0.25, -0.2) is 0 Å². The van der Waals surface area contributed by atoms with Crippen LogP contribution < -0.4 is 10.1 Å². The number of ether oxygens (including phenoxy) is 1. The summed E-state index contributed by atoms with van der Waals surface area (Å²) in [6.07, 6.45) is 0.843. The first-order valence-corrected chi connectivity index (χ1v) is 6.95. The number of nitrogens with one attached hydrogen (secondary N) is 1. The lowest BCUT2D eigenvalue weighted by molar-refractivity contribution is 0.102. The number of rotatable bonds is 3. The van der Waals surface area contributed by atoms with Crippen LogP contribution in [0.5, 0.6) is 5.75 Å². The molecule has 4 heteroatoms. The van der Waals surface area contributed by atoms with Gasteiger partial charge >= 0.3 is 0 Å². The second-order valence-corrected chi connectivity index (χ2v) is 5.18. The first-order valence-electron chi connectivity index (χ1n) is 6.95. The fourth-order valence-electron chi connectivity index (χ4n) is 2.42. The van der Waals surface area contributed by atoms with Crippen molar-refractivity contribution in [2.45, 2.75) is 20.0 Å². The van der Waals surface area contributed by atoms with Gasteiger partial charge in [0.2, 0.25) is 0 Å². The number of fused-ring (bicyclic) bond motifs is 1. The molecule has 1 aliphatic rings. The third-order valence-corrected chi connectivity index (χ3v) is 3.68. The van der Waals surface area contributed by atoms with Gasteiger partial charge in [0, 0.05) is 17.7 Å². The fraction of sp³-hybridized carbons (Fsp3) is 0.235. The Hall–Kier alpha value is -2.33. The van der Waals surface area contributed by atoms with Crippen LogP contribution in [0.15, 0.2) is 36.4 Å². The Morgan fingerprint density at radius 3 is 2.95 bits per heavy atom. The van der Waals surface area contributed by atoms with Crippen molar-refractivity contribution in [1.29, 1.82) is 0 Å². The maximum Gasteiger partial charge on any atom is 0.255 e. The lowest BCUT2D eigenvalue weighted by Gasteiger charge is -2.10. The van der Waals surface area contributed by atoms with E-state index in [1.807, 2.05) is 31.2 Å². The quantitative estimate of drug-likeness (QED) is 0.910. The lowest BCUT2D eigenvalue weighted by Crippen LogP contribution is -2.13. The van der Waals surface area contributed by atoms with Crippen molar-refractivity contribution in [3.05, 3.63) is 58.7 Å². The van der Waals surface area contributed by atoms with E-state index >= 15 is 0 Å². The molecule has 0 bridgehead atoms. The SMILES string of the molecule is Cc1ccc(CO)cc1NC(=O)c1ccc2c(c1)CCO2. The van der Waals surface area contributed by atoms with Crippen molar-refractivity contribution in [1.82, 2.24) is 0 Å². The van der Waals surface area contributed by atoms with Crippen molar-refractivity contribution < 1.29 is 14.6 Å². The van der Waals surface area contributed by atoms with E-state index in [1.165, 1.54) is 0 Å². The van der Waals surface area contributed by atoms with Crippen LogP contribution in [0.25, 0.3) is 0 Å². The molecule has 1 heterocycles. The van der Waals surface area contributed by atoms with E-state index in [1.54, 1.807) is 12.1 Å². The Bertz CT molecular complexity index is 694.